The highest BCUT2D eigenvalue weighted by Crippen LogP contribution is 2.41. The molecule has 2 aromatic heterocycles. The van der Waals surface area contributed by atoms with Gasteiger partial charge in [-0.1, -0.05) is 26.0 Å². The van der Waals surface area contributed by atoms with Gasteiger partial charge in [0.05, 0.1) is 16.7 Å². The van der Waals surface area contributed by atoms with Crippen molar-refractivity contribution in [3.63, 3.8) is 0 Å². The summed E-state index contributed by atoms with van der Waals surface area (Å²) in [6.45, 7) is 15.7. The number of aromatic nitrogens is 3. The molecule has 1 spiro atoms. The topological polar surface area (TPSA) is 87.6 Å². The van der Waals surface area contributed by atoms with Gasteiger partial charge in [0, 0.05) is 80.3 Å². The number of rotatable bonds is 5. The van der Waals surface area contributed by atoms with Crippen molar-refractivity contribution in [2.45, 2.75) is 71.9 Å². The number of pyridine rings is 1. The number of hydrogen-bond donors (Lipinski definition) is 2. The molecule has 0 radical (unpaired) electrons. The number of likely N-dealkylation sites (tertiary alicyclic amines) is 2. The van der Waals surface area contributed by atoms with Crippen molar-refractivity contribution >= 4 is 34.0 Å². The van der Waals surface area contributed by atoms with Crippen LogP contribution < -0.4 is 11.1 Å². The minimum absolute atomic E-state index is 0.367. The van der Waals surface area contributed by atoms with Crippen LogP contribution in [0.15, 0.2) is 66.3 Å². The van der Waals surface area contributed by atoms with Crippen LogP contribution in [0, 0.1) is 29.9 Å². The number of nitrogens with one attached hydrogen (secondary N) is 1. The van der Waals surface area contributed by atoms with E-state index in [-0.39, 0.29) is 0 Å². The molecule has 10 heteroatoms. The van der Waals surface area contributed by atoms with Gasteiger partial charge in [0.25, 0.3) is 0 Å². The zero-order valence-electron chi connectivity index (χ0n) is 30.9. The average Bonchev–Trinajstić information content (AvgIpc) is 3.42. The Bertz CT molecular complexity index is 1980. The Hall–Kier alpha value is -4.41. The van der Waals surface area contributed by atoms with E-state index in [0.717, 1.165) is 134 Å². The third-order valence-electron chi connectivity index (χ3n) is 11.3. The minimum Gasteiger partial charge on any atom is -0.404 e. The molecule has 3 N–H and O–H groups in total. The first-order valence-corrected chi connectivity index (χ1v) is 18.8. The summed E-state index contributed by atoms with van der Waals surface area (Å²) >= 11 is 0. The Morgan fingerprint density at radius 2 is 1.77 bits per heavy atom. The van der Waals surface area contributed by atoms with E-state index in [1.165, 1.54) is 30.5 Å². The fourth-order valence-corrected chi connectivity index (χ4v) is 8.48. The number of hydrogen-bond acceptors (Lipinski definition) is 7. The molecular formula is C42H52F2N8. The lowest BCUT2D eigenvalue weighted by molar-refractivity contribution is -0.0469. The molecular weight excluding hydrogens is 655 g/mol. The fourth-order valence-electron chi connectivity index (χ4n) is 8.48. The van der Waals surface area contributed by atoms with E-state index in [9.17, 15) is 8.78 Å². The number of benzene rings is 2. The molecule has 274 valence electrons. The first-order valence-electron chi connectivity index (χ1n) is 18.8. The van der Waals surface area contributed by atoms with Crippen LogP contribution in [0.4, 0.5) is 14.7 Å². The van der Waals surface area contributed by atoms with Gasteiger partial charge in [-0.25, -0.2) is 13.8 Å². The fraction of sp³-hybridized carbons (Fsp3) is 0.452. The highest BCUT2D eigenvalue weighted by Gasteiger charge is 2.44. The quantitative estimate of drug-likeness (QED) is 0.220. The molecule has 3 aliphatic heterocycles. The minimum atomic E-state index is -0.499. The molecule has 8 nitrogen and oxygen atoms in total. The molecule has 2 fully saturated rings. The van der Waals surface area contributed by atoms with E-state index < -0.39 is 11.6 Å². The van der Waals surface area contributed by atoms with Gasteiger partial charge in [-0.3, -0.25) is 14.9 Å². The maximum Gasteiger partial charge on any atom is 0.208 e. The maximum absolute atomic E-state index is 13.6. The number of imidazole rings is 1. The predicted octanol–water partition coefficient (Wildman–Crippen LogP) is 7.82. The summed E-state index contributed by atoms with van der Waals surface area (Å²) in [5.41, 5.74) is 15.9. The van der Waals surface area contributed by atoms with Crippen molar-refractivity contribution in [1.29, 1.82) is 0 Å². The smallest absolute Gasteiger partial charge is 0.208 e. The van der Waals surface area contributed by atoms with Crippen molar-refractivity contribution in [3.05, 3.63) is 101 Å². The molecule has 2 saturated heterocycles. The number of nitrogens with zero attached hydrogens (tertiary/aromatic N) is 6. The van der Waals surface area contributed by atoms with Crippen molar-refractivity contribution in [2.24, 2.45) is 22.1 Å². The van der Waals surface area contributed by atoms with Crippen LogP contribution in [0.2, 0.25) is 0 Å². The largest absolute Gasteiger partial charge is 0.404 e. The Kier molecular flexibility index (Phi) is 10.6. The zero-order valence-corrected chi connectivity index (χ0v) is 30.9. The third kappa shape index (κ3) is 7.98. The van der Waals surface area contributed by atoms with Crippen LogP contribution >= 0.6 is 0 Å². The first kappa shape index (κ1) is 36.0. The molecule has 0 unspecified atom stereocenters. The summed E-state index contributed by atoms with van der Waals surface area (Å²) < 4.78 is 29.6. The molecule has 0 amide bonds. The number of allylic oxidation sites excluding steroid dienone is 1. The number of anilines is 1. The normalized spacial score (nSPS) is 21.9. The number of fused-ring (bicyclic) bond motifs is 5. The summed E-state index contributed by atoms with van der Waals surface area (Å²) in [7, 11) is 1.83. The molecule has 52 heavy (non-hydrogen) atoms. The molecule has 7 rings (SSSR count). The van der Waals surface area contributed by atoms with E-state index in [0.29, 0.717) is 17.8 Å². The van der Waals surface area contributed by atoms with E-state index in [1.54, 1.807) is 6.20 Å². The van der Waals surface area contributed by atoms with Gasteiger partial charge in [0.2, 0.25) is 5.95 Å². The molecule has 3 aliphatic rings. The van der Waals surface area contributed by atoms with Gasteiger partial charge in [0.15, 0.2) is 0 Å². The molecule has 5 heterocycles. The lowest BCUT2D eigenvalue weighted by Crippen LogP contribution is -2.60. The lowest BCUT2D eigenvalue weighted by atomic mass is 9.72. The predicted molar refractivity (Wildman–Crippen MR) is 208 cm³/mol. The molecule has 4 aromatic rings. The van der Waals surface area contributed by atoms with Gasteiger partial charge < -0.3 is 20.5 Å². The van der Waals surface area contributed by atoms with E-state index >= 15 is 0 Å². The van der Waals surface area contributed by atoms with Crippen LogP contribution in [0.1, 0.15) is 73.5 Å². The molecule has 2 bridgehead atoms. The van der Waals surface area contributed by atoms with Crippen LogP contribution in [0.25, 0.3) is 22.3 Å². The average molecular weight is 707 g/mol. The van der Waals surface area contributed by atoms with Crippen molar-refractivity contribution in [1.82, 2.24) is 24.3 Å². The SMILES string of the molecule is C=C1Nc2nc3ccc(CN4CCC5(CC4)CN(CCc4cc(F)cc(F)c4)C5)cc3n2C[C@H](C)CCCCC(=NC)C(=CN)c2cc1cc(C)n2. The number of aryl methyl sites for hydroxylation is 1. The standard InChI is InChI=1S/C42H52F2N8/c1-28-7-5-6-8-37(46-4)36(23-45)39-21-33(17-29(2)47-39)30(3)48-41-49-38-10-9-32(20-40(38)52(41)24-28)25-50-15-12-42(13-16-50)26-51(27-42)14-11-31-18-34(43)22-35(44)19-31/h9-10,17-23,28H,3,5-8,11-16,24-27,45H2,1-2,4H3,(H,48,49)/t28-/m1/s1. The second-order valence-corrected chi connectivity index (χ2v) is 15.5. The lowest BCUT2D eigenvalue weighted by Gasteiger charge is -2.54. The van der Waals surface area contributed by atoms with Crippen LogP contribution in [-0.4, -0.2) is 69.8 Å². The van der Waals surface area contributed by atoms with Crippen molar-refractivity contribution in [3.8, 4) is 0 Å². The molecule has 0 aliphatic carbocycles. The number of halogens is 2. The van der Waals surface area contributed by atoms with E-state index in [4.69, 9.17) is 15.7 Å². The third-order valence-corrected chi connectivity index (χ3v) is 11.3. The van der Waals surface area contributed by atoms with E-state index in [1.807, 2.05) is 26.1 Å². The van der Waals surface area contributed by atoms with Crippen molar-refractivity contribution in [2.75, 3.05) is 45.1 Å². The Balaban J connectivity index is 1.04. The van der Waals surface area contributed by atoms with Crippen LogP contribution in [0.5, 0.6) is 0 Å². The van der Waals surface area contributed by atoms with Gasteiger partial charge >= 0.3 is 0 Å². The Morgan fingerprint density at radius 1 is 1.00 bits per heavy atom. The highest BCUT2D eigenvalue weighted by atomic mass is 19.1. The number of nitrogens with two attached hydrogens (primary N) is 1. The summed E-state index contributed by atoms with van der Waals surface area (Å²) in [6.07, 6.45) is 8.74. The summed E-state index contributed by atoms with van der Waals surface area (Å²) in [6, 6.07) is 14.6. The van der Waals surface area contributed by atoms with Crippen molar-refractivity contribution < 1.29 is 8.78 Å². The van der Waals surface area contributed by atoms with Gasteiger partial charge in [-0.2, -0.15) is 0 Å². The van der Waals surface area contributed by atoms with Gasteiger partial charge in [-0.15, -0.1) is 0 Å². The Morgan fingerprint density at radius 3 is 2.50 bits per heavy atom. The molecule has 2 aromatic carbocycles. The van der Waals surface area contributed by atoms with Crippen LogP contribution in [-0.2, 0) is 19.5 Å². The summed E-state index contributed by atoms with van der Waals surface area (Å²) in [5.74, 6) is 0.255. The van der Waals surface area contributed by atoms with Gasteiger partial charge in [-0.05, 0) is 117 Å². The number of aliphatic imine (C=N–C) groups is 1. The summed E-state index contributed by atoms with van der Waals surface area (Å²) in [5, 5.41) is 3.58. The molecule has 1 atom stereocenters. The monoisotopic (exact) mass is 706 g/mol. The highest BCUT2D eigenvalue weighted by molar-refractivity contribution is 6.23. The van der Waals surface area contributed by atoms with Gasteiger partial charge in [0.1, 0.15) is 11.6 Å². The Labute approximate surface area is 306 Å². The second kappa shape index (κ2) is 15.3. The first-order chi connectivity index (χ1) is 25.1. The maximum atomic E-state index is 13.6. The van der Waals surface area contributed by atoms with Crippen LogP contribution in [0.3, 0.4) is 0 Å². The van der Waals surface area contributed by atoms with E-state index in [2.05, 4.69) is 56.4 Å². The second-order valence-electron chi connectivity index (χ2n) is 15.5. The summed E-state index contributed by atoms with van der Waals surface area (Å²) in [4.78, 5) is 19.5. The number of piperidine rings is 1. The molecule has 0 saturated carbocycles. The zero-order chi connectivity index (χ0) is 36.4.